The maximum atomic E-state index is 11.9. The molecule has 1 amide bonds. The largest absolute Gasteiger partial charge is 0.487 e. The smallest absolute Gasteiger partial charge is 0.407 e. The highest BCUT2D eigenvalue weighted by Gasteiger charge is 2.15. The summed E-state index contributed by atoms with van der Waals surface area (Å²) in [6.45, 7) is 6.01. The molecule has 0 saturated heterocycles. The number of ether oxygens (including phenoxy) is 2. The van der Waals surface area contributed by atoms with Crippen LogP contribution in [0.2, 0.25) is 0 Å². The fraction of sp³-hybridized carbons (Fsp3) is 0.269. The molecule has 1 heterocycles. The van der Waals surface area contributed by atoms with Gasteiger partial charge in [0.25, 0.3) is 0 Å². The Balaban J connectivity index is 1.67. The third-order valence-corrected chi connectivity index (χ3v) is 4.56. The molecule has 0 saturated carbocycles. The minimum Gasteiger partial charge on any atom is -0.487 e. The van der Waals surface area contributed by atoms with Crippen molar-refractivity contribution < 1.29 is 24.2 Å². The number of para-hydroxylation sites is 1. The Bertz CT molecular complexity index is 1120. The molecule has 33 heavy (non-hydrogen) atoms. The second-order valence-electron chi connectivity index (χ2n) is 8.54. The van der Waals surface area contributed by atoms with E-state index in [1.54, 1.807) is 24.3 Å². The molecule has 7 heteroatoms. The van der Waals surface area contributed by atoms with Crippen LogP contribution in [0.25, 0.3) is 11.3 Å². The van der Waals surface area contributed by atoms with E-state index >= 15 is 0 Å². The lowest BCUT2D eigenvalue weighted by Crippen LogP contribution is -2.32. The van der Waals surface area contributed by atoms with Crippen molar-refractivity contribution >= 4 is 12.1 Å². The molecular weight excluding hydrogens is 420 g/mol. The summed E-state index contributed by atoms with van der Waals surface area (Å²) in [6.07, 6.45) is -0.568. The van der Waals surface area contributed by atoms with Gasteiger partial charge in [0.1, 0.15) is 18.0 Å². The number of benzene rings is 2. The summed E-state index contributed by atoms with van der Waals surface area (Å²) in [4.78, 5) is 27.7. The zero-order valence-corrected chi connectivity index (χ0v) is 19.0. The summed E-state index contributed by atoms with van der Waals surface area (Å²) in [7, 11) is 0. The lowest BCUT2D eigenvalue weighted by Gasteiger charge is -2.19. The first kappa shape index (κ1) is 23.8. The average molecular weight is 449 g/mol. The second kappa shape index (κ2) is 10.6. The van der Waals surface area contributed by atoms with Gasteiger partial charge in [-0.25, -0.2) is 9.78 Å². The number of carbonyl (C=O) groups is 2. The van der Waals surface area contributed by atoms with Crippen LogP contribution < -0.4 is 10.1 Å². The fourth-order valence-corrected chi connectivity index (χ4v) is 3.16. The van der Waals surface area contributed by atoms with Gasteiger partial charge in [-0.3, -0.25) is 4.79 Å². The Hall–Kier alpha value is -3.87. The predicted octanol–water partition coefficient (Wildman–Crippen LogP) is 4.98. The van der Waals surface area contributed by atoms with E-state index in [1.807, 2.05) is 63.2 Å². The molecule has 2 N–H and O–H groups in total. The summed E-state index contributed by atoms with van der Waals surface area (Å²) in [5.41, 5.74) is 3.39. The standard InChI is InChI=1S/C26H28N2O5/c1-26(2,3)33-25(31)27-16-18-8-6-10-19(14-18)22-12-7-11-21(28-22)17-32-23-13-5-4-9-20(23)15-24(29)30/h4-14H,15-17H2,1-3H3,(H,27,31)(H,29,30). The second-order valence-corrected chi connectivity index (χ2v) is 8.54. The van der Waals surface area contributed by atoms with Crippen LogP contribution >= 0.6 is 0 Å². The number of amides is 1. The number of hydrogen-bond donors (Lipinski definition) is 2. The Morgan fingerprint density at radius 1 is 1.00 bits per heavy atom. The van der Waals surface area contributed by atoms with Crippen molar-refractivity contribution in [3.05, 3.63) is 83.6 Å². The van der Waals surface area contributed by atoms with E-state index in [0.29, 0.717) is 17.9 Å². The van der Waals surface area contributed by atoms with Crippen molar-refractivity contribution in [3.63, 3.8) is 0 Å². The van der Waals surface area contributed by atoms with Gasteiger partial charge in [-0.1, -0.05) is 42.5 Å². The van der Waals surface area contributed by atoms with E-state index in [0.717, 1.165) is 22.5 Å². The van der Waals surface area contributed by atoms with Crippen molar-refractivity contribution in [2.45, 2.75) is 45.9 Å². The van der Waals surface area contributed by atoms with Gasteiger partial charge in [0.15, 0.2) is 0 Å². The molecule has 3 aromatic rings. The van der Waals surface area contributed by atoms with Crippen molar-refractivity contribution in [2.24, 2.45) is 0 Å². The van der Waals surface area contributed by atoms with Gasteiger partial charge in [-0.15, -0.1) is 0 Å². The third-order valence-electron chi connectivity index (χ3n) is 4.56. The summed E-state index contributed by atoms with van der Waals surface area (Å²) in [5.74, 6) is -0.380. The molecule has 0 aliphatic carbocycles. The molecular formula is C26H28N2O5. The van der Waals surface area contributed by atoms with Gasteiger partial charge in [-0.05, 0) is 50.6 Å². The first-order chi connectivity index (χ1) is 15.7. The van der Waals surface area contributed by atoms with Crippen LogP contribution in [-0.2, 0) is 29.1 Å². The topological polar surface area (TPSA) is 97.8 Å². The summed E-state index contributed by atoms with van der Waals surface area (Å²) in [6, 6.07) is 20.5. The molecule has 3 rings (SSSR count). The number of carbonyl (C=O) groups excluding carboxylic acids is 1. The number of carboxylic acids is 1. The number of rotatable bonds is 8. The molecule has 0 atom stereocenters. The minimum absolute atomic E-state index is 0.103. The summed E-state index contributed by atoms with van der Waals surface area (Å²) < 4.78 is 11.1. The fourth-order valence-electron chi connectivity index (χ4n) is 3.16. The number of hydrogen-bond acceptors (Lipinski definition) is 5. The highest BCUT2D eigenvalue weighted by atomic mass is 16.6. The number of carboxylic acid groups (broad SMARTS) is 1. The zero-order chi connectivity index (χ0) is 23.8. The van der Waals surface area contributed by atoms with E-state index in [1.165, 1.54) is 0 Å². The predicted molar refractivity (Wildman–Crippen MR) is 125 cm³/mol. The highest BCUT2D eigenvalue weighted by Crippen LogP contribution is 2.22. The normalized spacial score (nSPS) is 11.0. The third kappa shape index (κ3) is 7.64. The molecule has 0 spiro atoms. The lowest BCUT2D eigenvalue weighted by atomic mass is 10.1. The van der Waals surface area contributed by atoms with Gasteiger partial charge in [0, 0.05) is 17.7 Å². The number of nitrogens with zero attached hydrogens (tertiary/aromatic N) is 1. The van der Waals surface area contributed by atoms with Crippen LogP contribution in [0.15, 0.2) is 66.7 Å². The molecule has 7 nitrogen and oxygen atoms in total. The van der Waals surface area contributed by atoms with E-state index in [-0.39, 0.29) is 13.0 Å². The van der Waals surface area contributed by atoms with Crippen molar-refractivity contribution in [1.29, 1.82) is 0 Å². The van der Waals surface area contributed by atoms with Crippen LogP contribution in [-0.4, -0.2) is 27.8 Å². The van der Waals surface area contributed by atoms with Gasteiger partial charge in [0.05, 0.1) is 17.8 Å². The first-order valence-electron chi connectivity index (χ1n) is 10.6. The van der Waals surface area contributed by atoms with Gasteiger partial charge < -0.3 is 19.9 Å². The highest BCUT2D eigenvalue weighted by molar-refractivity contribution is 5.71. The number of nitrogens with one attached hydrogen (secondary N) is 1. The van der Waals surface area contributed by atoms with E-state index < -0.39 is 17.7 Å². The summed E-state index contributed by atoms with van der Waals surface area (Å²) >= 11 is 0. The molecule has 2 aromatic carbocycles. The molecule has 172 valence electrons. The molecule has 0 bridgehead atoms. The van der Waals surface area contributed by atoms with Crippen molar-refractivity contribution in [3.8, 4) is 17.0 Å². The van der Waals surface area contributed by atoms with Gasteiger partial charge in [-0.2, -0.15) is 0 Å². The maximum Gasteiger partial charge on any atom is 0.407 e. The van der Waals surface area contributed by atoms with Crippen LogP contribution in [0.5, 0.6) is 5.75 Å². The average Bonchev–Trinajstić information content (AvgIpc) is 2.76. The van der Waals surface area contributed by atoms with E-state index in [9.17, 15) is 9.59 Å². The first-order valence-corrected chi connectivity index (χ1v) is 10.6. The van der Waals surface area contributed by atoms with Crippen LogP contribution in [0, 0.1) is 0 Å². The minimum atomic E-state index is -0.910. The SMILES string of the molecule is CC(C)(C)OC(=O)NCc1cccc(-c2cccc(COc3ccccc3CC(=O)O)n2)c1. The monoisotopic (exact) mass is 448 g/mol. The quantitative estimate of drug-likeness (QED) is 0.504. The Morgan fingerprint density at radius 3 is 2.52 bits per heavy atom. The molecule has 0 radical (unpaired) electrons. The van der Waals surface area contributed by atoms with Crippen LogP contribution in [0.1, 0.15) is 37.6 Å². The van der Waals surface area contributed by atoms with Crippen molar-refractivity contribution in [2.75, 3.05) is 0 Å². The van der Waals surface area contributed by atoms with Crippen LogP contribution in [0.3, 0.4) is 0 Å². The number of alkyl carbamates (subject to hydrolysis) is 1. The maximum absolute atomic E-state index is 11.9. The molecule has 0 aliphatic heterocycles. The molecule has 0 aliphatic rings. The Labute approximate surface area is 193 Å². The van der Waals surface area contributed by atoms with Gasteiger partial charge >= 0.3 is 12.1 Å². The number of aromatic nitrogens is 1. The Morgan fingerprint density at radius 2 is 1.76 bits per heavy atom. The Kier molecular flexibility index (Phi) is 7.66. The van der Waals surface area contributed by atoms with Crippen molar-refractivity contribution in [1.82, 2.24) is 10.3 Å². The molecule has 0 unspecified atom stereocenters. The number of aliphatic carboxylic acids is 1. The molecule has 1 aromatic heterocycles. The number of pyridine rings is 1. The lowest BCUT2D eigenvalue weighted by molar-refractivity contribution is -0.136. The van der Waals surface area contributed by atoms with Gasteiger partial charge in [0.2, 0.25) is 0 Å². The molecule has 0 fully saturated rings. The van der Waals surface area contributed by atoms with E-state index in [2.05, 4.69) is 10.3 Å². The zero-order valence-electron chi connectivity index (χ0n) is 19.0. The van der Waals surface area contributed by atoms with E-state index in [4.69, 9.17) is 14.6 Å². The summed E-state index contributed by atoms with van der Waals surface area (Å²) in [5, 5.41) is 11.8. The van der Waals surface area contributed by atoms with Crippen LogP contribution in [0.4, 0.5) is 4.79 Å².